The number of nitrogens with one attached hydrogen (secondary N) is 1. The van der Waals surface area contributed by atoms with E-state index >= 15 is 0 Å². The molecule has 0 spiro atoms. The number of hydrogen-bond acceptors (Lipinski definition) is 4. The van der Waals surface area contributed by atoms with Crippen LogP contribution in [0.1, 0.15) is 23.0 Å². The highest BCUT2D eigenvalue weighted by Gasteiger charge is 2.11. The van der Waals surface area contributed by atoms with Crippen LogP contribution in [0.5, 0.6) is 0 Å². The molecule has 1 amide bonds. The van der Waals surface area contributed by atoms with Crippen LogP contribution in [0.25, 0.3) is 0 Å². The molecule has 1 aromatic rings. The minimum atomic E-state index is -0.198. The summed E-state index contributed by atoms with van der Waals surface area (Å²) in [5.74, 6) is 5.05. The van der Waals surface area contributed by atoms with Gasteiger partial charge in [-0.2, -0.15) is 0 Å². The molecule has 5 heteroatoms. The monoisotopic (exact) mass is 261 g/mol. The van der Waals surface area contributed by atoms with Gasteiger partial charge < -0.3 is 15.3 Å². The smallest absolute Gasteiger partial charge is 0.270 e. The SMILES string of the molecule is CC(CN(C)C)NC(=O)c1ccc(C#CCO)cn1. The van der Waals surface area contributed by atoms with Crippen molar-refractivity contribution in [3.05, 3.63) is 29.6 Å². The van der Waals surface area contributed by atoms with Crippen LogP contribution in [-0.2, 0) is 0 Å². The van der Waals surface area contributed by atoms with Gasteiger partial charge in [0.2, 0.25) is 0 Å². The molecule has 0 fully saturated rings. The van der Waals surface area contributed by atoms with Crippen LogP contribution >= 0.6 is 0 Å². The summed E-state index contributed by atoms with van der Waals surface area (Å²) in [4.78, 5) is 18.0. The van der Waals surface area contributed by atoms with Gasteiger partial charge in [-0.3, -0.25) is 4.79 Å². The number of hydrogen-bond donors (Lipinski definition) is 2. The molecule has 0 aliphatic rings. The number of nitrogens with zero attached hydrogens (tertiary/aromatic N) is 2. The molecule has 19 heavy (non-hydrogen) atoms. The Morgan fingerprint density at radius 3 is 2.79 bits per heavy atom. The normalized spacial score (nSPS) is 11.6. The van der Waals surface area contributed by atoms with Gasteiger partial charge in [-0.05, 0) is 33.2 Å². The van der Waals surface area contributed by atoms with Crippen LogP contribution < -0.4 is 5.32 Å². The molecule has 0 saturated heterocycles. The first kappa shape index (κ1) is 15.2. The van der Waals surface area contributed by atoms with E-state index < -0.39 is 0 Å². The van der Waals surface area contributed by atoms with Gasteiger partial charge in [0.25, 0.3) is 5.91 Å². The van der Waals surface area contributed by atoms with E-state index in [0.29, 0.717) is 11.3 Å². The highest BCUT2D eigenvalue weighted by molar-refractivity contribution is 5.92. The van der Waals surface area contributed by atoms with Gasteiger partial charge in [-0.25, -0.2) is 4.98 Å². The molecular weight excluding hydrogens is 242 g/mol. The number of aromatic nitrogens is 1. The lowest BCUT2D eigenvalue weighted by Gasteiger charge is -2.17. The van der Waals surface area contributed by atoms with Gasteiger partial charge in [-0.1, -0.05) is 11.8 Å². The van der Waals surface area contributed by atoms with Gasteiger partial charge in [0.1, 0.15) is 12.3 Å². The number of amides is 1. The number of carbonyl (C=O) groups is 1. The first-order chi connectivity index (χ1) is 9.02. The first-order valence-corrected chi connectivity index (χ1v) is 6.04. The predicted octanol–water partition coefficient (Wildman–Crippen LogP) is 0.105. The molecular formula is C14H19N3O2. The highest BCUT2D eigenvalue weighted by atomic mass is 16.2. The van der Waals surface area contributed by atoms with Crippen molar-refractivity contribution in [1.29, 1.82) is 0 Å². The van der Waals surface area contributed by atoms with E-state index in [1.54, 1.807) is 12.1 Å². The molecule has 1 aromatic heterocycles. The van der Waals surface area contributed by atoms with Crippen molar-refractivity contribution in [3.63, 3.8) is 0 Å². The lowest BCUT2D eigenvalue weighted by molar-refractivity contribution is 0.0929. The molecule has 1 heterocycles. The minimum Gasteiger partial charge on any atom is -0.384 e. The van der Waals surface area contributed by atoms with Crippen molar-refractivity contribution in [2.75, 3.05) is 27.2 Å². The molecule has 102 valence electrons. The van der Waals surface area contributed by atoms with Crippen molar-refractivity contribution in [1.82, 2.24) is 15.2 Å². The highest BCUT2D eigenvalue weighted by Crippen LogP contribution is 1.99. The molecule has 0 aromatic carbocycles. The third-order valence-corrected chi connectivity index (χ3v) is 2.32. The summed E-state index contributed by atoms with van der Waals surface area (Å²) in [5, 5.41) is 11.5. The van der Waals surface area contributed by atoms with E-state index in [4.69, 9.17) is 5.11 Å². The molecule has 1 unspecified atom stereocenters. The summed E-state index contributed by atoms with van der Waals surface area (Å²) in [7, 11) is 3.91. The van der Waals surface area contributed by atoms with Crippen molar-refractivity contribution in [2.24, 2.45) is 0 Å². The minimum absolute atomic E-state index is 0.0538. The fraction of sp³-hybridized carbons (Fsp3) is 0.429. The number of pyridine rings is 1. The third kappa shape index (κ3) is 5.51. The Hall–Kier alpha value is -1.90. The van der Waals surface area contributed by atoms with Crippen molar-refractivity contribution in [3.8, 4) is 11.8 Å². The average molecular weight is 261 g/mol. The summed E-state index contributed by atoms with van der Waals surface area (Å²) >= 11 is 0. The van der Waals surface area contributed by atoms with Crippen LogP contribution in [0.3, 0.4) is 0 Å². The number of aliphatic hydroxyl groups excluding tert-OH is 1. The third-order valence-electron chi connectivity index (χ3n) is 2.32. The molecule has 5 nitrogen and oxygen atoms in total. The zero-order chi connectivity index (χ0) is 14.3. The maximum Gasteiger partial charge on any atom is 0.270 e. The summed E-state index contributed by atoms with van der Waals surface area (Å²) in [6, 6.07) is 3.39. The number of rotatable bonds is 4. The second kappa shape index (κ2) is 7.52. The van der Waals surface area contributed by atoms with Crippen molar-refractivity contribution in [2.45, 2.75) is 13.0 Å². The molecule has 0 bridgehead atoms. The standard InChI is InChI=1S/C14H19N3O2/c1-11(10-17(2)3)16-14(19)13-7-6-12(9-15-13)5-4-8-18/h6-7,9,11,18H,8,10H2,1-3H3,(H,16,19). The Morgan fingerprint density at radius 2 is 2.26 bits per heavy atom. The molecule has 2 N–H and O–H groups in total. The molecule has 1 atom stereocenters. The second-order valence-electron chi connectivity index (χ2n) is 4.53. The van der Waals surface area contributed by atoms with Crippen LogP contribution in [0, 0.1) is 11.8 Å². The average Bonchev–Trinajstić information content (AvgIpc) is 2.35. The predicted molar refractivity (Wildman–Crippen MR) is 73.7 cm³/mol. The lowest BCUT2D eigenvalue weighted by Crippen LogP contribution is -2.39. The number of carbonyl (C=O) groups excluding carboxylic acids is 1. The van der Waals surface area contributed by atoms with E-state index in [1.165, 1.54) is 6.20 Å². The zero-order valence-corrected chi connectivity index (χ0v) is 11.5. The van der Waals surface area contributed by atoms with Gasteiger partial charge >= 0.3 is 0 Å². The Morgan fingerprint density at radius 1 is 1.53 bits per heavy atom. The van der Waals surface area contributed by atoms with Crippen LogP contribution in [0.15, 0.2) is 18.3 Å². The van der Waals surface area contributed by atoms with Gasteiger partial charge in [0.15, 0.2) is 0 Å². The lowest BCUT2D eigenvalue weighted by atomic mass is 10.2. The van der Waals surface area contributed by atoms with E-state index in [-0.39, 0.29) is 18.6 Å². The Labute approximate surface area is 113 Å². The summed E-state index contributed by atoms with van der Waals surface area (Å²) in [5.41, 5.74) is 1.03. The van der Waals surface area contributed by atoms with Crippen LogP contribution in [0.4, 0.5) is 0 Å². The number of aliphatic hydroxyl groups is 1. The molecule has 0 aliphatic carbocycles. The second-order valence-corrected chi connectivity index (χ2v) is 4.53. The van der Waals surface area contributed by atoms with Gasteiger partial charge in [-0.15, -0.1) is 0 Å². The summed E-state index contributed by atoms with van der Waals surface area (Å²) in [6.07, 6.45) is 1.52. The zero-order valence-electron chi connectivity index (χ0n) is 11.5. The Balaban J connectivity index is 2.62. The maximum absolute atomic E-state index is 11.9. The first-order valence-electron chi connectivity index (χ1n) is 6.04. The van der Waals surface area contributed by atoms with Crippen LogP contribution in [0.2, 0.25) is 0 Å². The van der Waals surface area contributed by atoms with Gasteiger partial charge in [0, 0.05) is 24.3 Å². The van der Waals surface area contributed by atoms with Gasteiger partial charge in [0.05, 0.1) is 0 Å². The maximum atomic E-state index is 11.9. The van der Waals surface area contributed by atoms with E-state index in [2.05, 4.69) is 22.1 Å². The van der Waals surface area contributed by atoms with E-state index in [0.717, 1.165) is 6.54 Å². The topological polar surface area (TPSA) is 65.5 Å². The van der Waals surface area contributed by atoms with E-state index in [1.807, 2.05) is 25.9 Å². The van der Waals surface area contributed by atoms with Crippen molar-refractivity contribution >= 4 is 5.91 Å². The number of likely N-dealkylation sites (N-methyl/N-ethyl adjacent to an activating group) is 1. The van der Waals surface area contributed by atoms with Crippen LogP contribution in [-0.4, -0.2) is 54.2 Å². The molecule has 0 radical (unpaired) electrons. The molecule has 0 aliphatic heterocycles. The quantitative estimate of drug-likeness (QED) is 0.755. The Bertz CT molecular complexity index is 472. The van der Waals surface area contributed by atoms with E-state index in [9.17, 15) is 4.79 Å². The molecule has 1 rings (SSSR count). The summed E-state index contributed by atoms with van der Waals surface area (Å²) < 4.78 is 0. The fourth-order valence-corrected chi connectivity index (χ4v) is 1.63. The van der Waals surface area contributed by atoms with Crippen molar-refractivity contribution < 1.29 is 9.90 Å². The fourth-order valence-electron chi connectivity index (χ4n) is 1.63. The molecule has 0 saturated carbocycles. The summed E-state index contributed by atoms with van der Waals surface area (Å²) in [6.45, 7) is 2.52. The largest absolute Gasteiger partial charge is 0.384 e. The Kier molecular flexibility index (Phi) is 6.00.